The van der Waals surface area contributed by atoms with E-state index in [-0.39, 0.29) is 6.10 Å². The van der Waals surface area contributed by atoms with Gasteiger partial charge in [0.25, 0.3) is 0 Å². The Bertz CT molecular complexity index is 398. The molecule has 0 aliphatic carbocycles. The van der Waals surface area contributed by atoms with Gasteiger partial charge in [0.2, 0.25) is 5.89 Å². The Morgan fingerprint density at radius 3 is 2.89 bits per heavy atom. The van der Waals surface area contributed by atoms with Crippen molar-refractivity contribution in [3.05, 3.63) is 11.7 Å². The maximum absolute atomic E-state index is 5.59. The van der Waals surface area contributed by atoms with E-state index in [0.29, 0.717) is 34.6 Å². The molecule has 0 radical (unpaired) electrons. The summed E-state index contributed by atoms with van der Waals surface area (Å²) < 4.78 is 10.5. The first-order valence-corrected chi connectivity index (χ1v) is 8.45. The van der Waals surface area contributed by atoms with Crippen LogP contribution >= 0.6 is 23.5 Å². The summed E-state index contributed by atoms with van der Waals surface area (Å²) in [5.74, 6) is 2.46. The van der Waals surface area contributed by atoms with Gasteiger partial charge in [-0.1, -0.05) is 19.0 Å². The average molecular weight is 303 g/mol. The van der Waals surface area contributed by atoms with Crippen molar-refractivity contribution in [1.82, 2.24) is 10.1 Å². The first-order valence-electron chi connectivity index (χ1n) is 6.46. The van der Waals surface area contributed by atoms with Gasteiger partial charge in [0.05, 0.1) is 17.8 Å². The molecule has 0 bridgehead atoms. The van der Waals surface area contributed by atoms with E-state index in [2.05, 4.69) is 24.0 Å². The van der Waals surface area contributed by atoms with Crippen molar-refractivity contribution in [3.8, 4) is 0 Å². The Morgan fingerprint density at radius 1 is 1.47 bits per heavy atom. The molecule has 0 amide bonds. The highest BCUT2D eigenvalue weighted by molar-refractivity contribution is 8.07. The van der Waals surface area contributed by atoms with Crippen molar-refractivity contribution in [2.24, 2.45) is 5.73 Å². The van der Waals surface area contributed by atoms with Crippen LogP contribution in [-0.4, -0.2) is 46.2 Å². The number of aromatic nitrogens is 2. The molecular weight excluding hydrogens is 282 g/mol. The highest BCUT2D eigenvalue weighted by atomic mass is 32.2. The SMILES string of the molecule is COC(CN)Cc1nc(C2CSC(C)C(C)S2)no1. The maximum atomic E-state index is 5.59. The highest BCUT2D eigenvalue weighted by Gasteiger charge is 2.30. The minimum atomic E-state index is -0.0550. The molecule has 108 valence electrons. The molecule has 5 nitrogen and oxygen atoms in total. The van der Waals surface area contributed by atoms with Crippen molar-refractivity contribution >= 4 is 23.5 Å². The monoisotopic (exact) mass is 303 g/mol. The molecule has 1 saturated heterocycles. The molecule has 1 aliphatic rings. The smallest absolute Gasteiger partial charge is 0.229 e. The lowest BCUT2D eigenvalue weighted by atomic mass is 10.2. The van der Waals surface area contributed by atoms with Crippen LogP contribution in [0.15, 0.2) is 4.52 Å². The van der Waals surface area contributed by atoms with Gasteiger partial charge in [0, 0.05) is 29.9 Å². The third-order valence-corrected chi connectivity index (χ3v) is 6.71. The van der Waals surface area contributed by atoms with Crippen LogP contribution in [0.4, 0.5) is 0 Å². The average Bonchev–Trinajstić information content (AvgIpc) is 2.87. The first kappa shape index (κ1) is 15.2. The zero-order valence-electron chi connectivity index (χ0n) is 11.5. The number of ether oxygens (including phenoxy) is 1. The first-order chi connectivity index (χ1) is 9.13. The predicted octanol–water partition coefficient (Wildman–Crippen LogP) is 1.88. The fourth-order valence-corrected chi connectivity index (χ4v) is 4.69. The van der Waals surface area contributed by atoms with Gasteiger partial charge >= 0.3 is 0 Å². The van der Waals surface area contributed by atoms with Crippen LogP contribution in [0.25, 0.3) is 0 Å². The number of methoxy groups -OCH3 is 1. The molecule has 1 aromatic rings. The maximum Gasteiger partial charge on any atom is 0.229 e. The van der Waals surface area contributed by atoms with Crippen molar-refractivity contribution in [2.75, 3.05) is 19.4 Å². The molecule has 2 heterocycles. The van der Waals surface area contributed by atoms with E-state index < -0.39 is 0 Å². The van der Waals surface area contributed by atoms with Gasteiger partial charge in [0.1, 0.15) is 0 Å². The van der Waals surface area contributed by atoms with Crippen LogP contribution in [0.2, 0.25) is 0 Å². The van der Waals surface area contributed by atoms with E-state index in [4.69, 9.17) is 15.0 Å². The lowest BCUT2D eigenvalue weighted by Crippen LogP contribution is -2.25. The molecule has 2 N–H and O–H groups in total. The standard InChI is InChI=1S/C12H21N3O2S2/c1-7-8(2)19-10(6-18-7)12-14-11(17-15-12)4-9(5-13)16-3/h7-10H,4-6,13H2,1-3H3. The van der Waals surface area contributed by atoms with Crippen molar-refractivity contribution in [3.63, 3.8) is 0 Å². The van der Waals surface area contributed by atoms with Gasteiger partial charge in [-0.2, -0.15) is 16.7 Å². The van der Waals surface area contributed by atoms with Crippen LogP contribution in [0.5, 0.6) is 0 Å². The highest BCUT2D eigenvalue weighted by Crippen LogP contribution is 2.43. The number of nitrogens with two attached hydrogens (primary N) is 1. The Morgan fingerprint density at radius 2 is 2.26 bits per heavy atom. The normalized spacial score (nSPS) is 29.4. The molecule has 0 spiro atoms. The summed E-state index contributed by atoms with van der Waals surface area (Å²) in [5.41, 5.74) is 5.59. The molecule has 1 aliphatic heterocycles. The van der Waals surface area contributed by atoms with Crippen molar-refractivity contribution < 1.29 is 9.26 Å². The largest absolute Gasteiger partial charge is 0.380 e. The molecule has 2 rings (SSSR count). The number of thioether (sulfide) groups is 2. The van der Waals surface area contributed by atoms with Crippen LogP contribution in [0.1, 0.15) is 30.8 Å². The topological polar surface area (TPSA) is 74.2 Å². The summed E-state index contributed by atoms with van der Waals surface area (Å²) in [6, 6.07) is 0. The summed E-state index contributed by atoms with van der Waals surface area (Å²) in [4.78, 5) is 4.48. The van der Waals surface area contributed by atoms with E-state index >= 15 is 0 Å². The fourth-order valence-electron chi connectivity index (χ4n) is 1.86. The molecule has 19 heavy (non-hydrogen) atoms. The molecule has 1 aromatic heterocycles. The minimum Gasteiger partial charge on any atom is -0.380 e. The van der Waals surface area contributed by atoms with Gasteiger partial charge < -0.3 is 15.0 Å². The summed E-state index contributed by atoms with van der Waals surface area (Å²) in [6.07, 6.45) is 0.525. The minimum absolute atomic E-state index is 0.0550. The number of rotatable bonds is 5. The molecule has 7 heteroatoms. The summed E-state index contributed by atoms with van der Waals surface area (Å²) in [5, 5.41) is 5.73. The Labute approximate surface area is 122 Å². The van der Waals surface area contributed by atoms with E-state index in [9.17, 15) is 0 Å². The quantitative estimate of drug-likeness (QED) is 0.890. The second-order valence-corrected chi connectivity index (χ2v) is 7.71. The van der Waals surface area contributed by atoms with E-state index in [1.807, 2.05) is 23.5 Å². The van der Waals surface area contributed by atoms with Gasteiger partial charge in [-0.25, -0.2) is 0 Å². The van der Waals surface area contributed by atoms with E-state index in [0.717, 1.165) is 11.6 Å². The van der Waals surface area contributed by atoms with E-state index in [1.165, 1.54) is 0 Å². The molecule has 0 aromatic carbocycles. The molecular formula is C12H21N3O2S2. The van der Waals surface area contributed by atoms with E-state index in [1.54, 1.807) is 7.11 Å². The van der Waals surface area contributed by atoms with Gasteiger partial charge in [-0.3, -0.25) is 0 Å². The van der Waals surface area contributed by atoms with Gasteiger partial charge in [0.15, 0.2) is 5.82 Å². The fraction of sp³-hybridized carbons (Fsp3) is 0.833. The van der Waals surface area contributed by atoms with Crippen LogP contribution in [-0.2, 0) is 11.2 Å². The van der Waals surface area contributed by atoms with Crippen molar-refractivity contribution in [1.29, 1.82) is 0 Å². The predicted molar refractivity (Wildman–Crippen MR) is 79.6 cm³/mol. The Hall–Kier alpha value is -0.240. The van der Waals surface area contributed by atoms with Gasteiger partial charge in [-0.15, -0.1) is 11.8 Å². The van der Waals surface area contributed by atoms with Crippen LogP contribution < -0.4 is 5.73 Å². The second-order valence-electron chi connectivity index (χ2n) is 4.71. The molecule has 1 fully saturated rings. The lowest BCUT2D eigenvalue weighted by Gasteiger charge is -2.29. The zero-order chi connectivity index (χ0) is 13.8. The zero-order valence-corrected chi connectivity index (χ0v) is 13.2. The Kier molecular flexibility index (Phi) is 5.56. The Balaban J connectivity index is 1.97. The summed E-state index contributed by atoms with van der Waals surface area (Å²) in [6.45, 7) is 4.98. The number of hydrogen-bond acceptors (Lipinski definition) is 7. The number of nitrogens with zero attached hydrogens (tertiary/aromatic N) is 2. The van der Waals surface area contributed by atoms with Crippen LogP contribution in [0.3, 0.4) is 0 Å². The summed E-state index contributed by atoms with van der Waals surface area (Å²) in [7, 11) is 1.64. The third kappa shape index (κ3) is 3.87. The third-order valence-electron chi connectivity index (χ3n) is 3.32. The molecule has 0 saturated carbocycles. The van der Waals surface area contributed by atoms with Crippen LogP contribution in [0, 0.1) is 0 Å². The summed E-state index contributed by atoms with van der Waals surface area (Å²) >= 11 is 3.90. The second kappa shape index (κ2) is 6.97. The molecule has 4 unspecified atom stereocenters. The molecule has 4 atom stereocenters. The van der Waals surface area contributed by atoms with Gasteiger partial charge in [-0.05, 0) is 0 Å². The lowest BCUT2D eigenvalue weighted by molar-refractivity contribution is 0.102. The number of hydrogen-bond donors (Lipinski definition) is 1. The van der Waals surface area contributed by atoms with Crippen molar-refractivity contribution in [2.45, 2.75) is 42.1 Å².